The lowest BCUT2D eigenvalue weighted by atomic mass is 9.68. The lowest BCUT2D eigenvalue weighted by Crippen LogP contribution is -2.69. The lowest BCUT2D eigenvalue weighted by molar-refractivity contribution is -0.306. The van der Waals surface area contributed by atoms with Crippen LogP contribution in [0.1, 0.15) is 59.4 Å². The zero-order chi connectivity index (χ0) is 20.1. The van der Waals surface area contributed by atoms with Crippen molar-refractivity contribution in [3.63, 3.8) is 0 Å². The zero-order valence-corrected chi connectivity index (χ0v) is 17.6. The van der Waals surface area contributed by atoms with E-state index in [0.29, 0.717) is 6.61 Å². The zero-order valence-electron chi connectivity index (χ0n) is 17.6. The Hall–Kier alpha value is -1.65. The van der Waals surface area contributed by atoms with E-state index in [-0.39, 0.29) is 28.9 Å². The number of hydrogen-bond donors (Lipinski definition) is 1. The molecule has 1 N–H and O–H groups in total. The Morgan fingerprint density at radius 3 is 2.52 bits per heavy atom. The second kappa shape index (κ2) is 9.03. The summed E-state index contributed by atoms with van der Waals surface area (Å²) < 4.78 is 0. The number of rotatable bonds is 8. The van der Waals surface area contributed by atoms with Gasteiger partial charge in [0.2, 0.25) is 5.91 Å². The van der Waals surface area contributed by atoms with E-state index in [1.807, 2.05) is 6.07 Å². The summed E-state index contributed by atoms with van der Waals surface area (Å²) in [6.45, 7) is 15.4. The molecule has 0 bridgehead atoms. The van der Waals surface area contributed by atoms with Gasteiger partial charge in [0.25, 0.3) is 0 Å². The molecule has 1 heterocycles. The van der Waals surface area contributed by atoms with Crippen molar-refractivity contribution >= 4 is 5.91 Å². The van der Waals surface area contributed by atoms with E-state index in [2.05, 4.69) is 75.8 Å². The summed E-state index contributed by atoms with van der Waals surface area (Å²) in [6.07, 6.45) is 5.03. The summed E-state index contributed by atoms with van der Waals surface area (Å²) in [7, 11) is 0. The molecular formula is C23H36N2O2. The van der Waals surface area contributed by atoms with Crippen LogP contribution >= 0.6 is 0 Å². The smallest absolute Gasteiger partial charge is 0.243 e. The maximum Gasteiger partial charge on any atom is 0.243 e. The predicted molar refractivity (Wildman–Crippen MR) is 111 cm³/mol. The highest BCUT2D eigenvalue weighted by molar-refractivity contribution is 5.87. The second-order valence-electron chi connectivity index (χ2n) is 8.24. The molecule has 4 unspecified atom stereocenters. The summed E-state index contributed by atoms with van der Waals surface area (Å²) in [6, 6.07) is 10.6. The summed E-state index contributed by atoms with van der Waals surface area (Å²) >= 11 is 0. The minimum absolute atomic E-state index is 0.0952. The van der Waals surface area contributed by atoms with Gasteiger partial charge in [-0.15, -0.1) is 0 Å². The van der Waals surface area contributed by atoms with Crippen LogP contribution in [0.5, 0.6) is 0 Å². The fraction of sp³-hybridized carbons (Fsp3) is 0.609. The molecule has 0 radical (unpaired) electrons. The molecule has 1 saturated heterocycles. The van der Waals surface area contributed by atoms with Crippen molar-refractivity contribution < 1.29 is 9.63 Å². The summed E-state index contributed by atoms with van der Waals surface area (Å²) in [5.74, 6) is 0.171. The normalized spacial score (nSPS) is 31.4. The summed E-state index contributed by atoms with van der Waals surface area (Å²) in [4.78, 5) is 18.4. The van der Waals surface area contributed by atoms with Crippen LogP contribution in [0.15, 0.2) is 43.0 Å². The number of piperidine rings is 1. The van der Waals surface area contributed by atoms with E-state index in [9.17, 15) is 4.79 Å². The van der Waals surface area contributed by atoms with E-state index in [4.69, 9.17) is 4.84 Å². The first-order valence-corrected chi connectivity index (χ1v) is 10.2. The molecule has 0 aliphatic carbocycles. The van der Waals surface area contributed by atoms with Crippen molar-refractivity contribution in [3.05, 3.63) is 48.6 Å². The van der Waals surface area contributed by atoms with Gasteiger partial charge in [-0.1, -0.05) is 57.7 Å². The van der Waals surface area contributed by atoms with E-state index in [1.165, 1.54) is 11.6 Å². The number of carbonyl (C=O) groups is 1. The standard InChI is InChI=1S/C23H36N2O2/c1-7-21(26)24-20-17-22(5,8-2)25(23(6,9-3)18(20)4)27-16-15-19-13-11-10-12-14-19/h7,10-14,18,20H,1,8-9,15-17H2,2-6H3,(H,24,26). The van der Waals surface area contributed by atoms with Crippen LogP contribution in [0.25, 0.3) is 0 Å². The molecule has 4 atom stereocenters. The third kappa shape index (κ3) is 4.61. The Balaban J connectivity index is 2.19. The van der Waals surface area contributed by atoms with Gasteiger partial charge >= 0.3 is 0 Å². The van der Waals surface area contributed by atoms with Gasteiger partial charge in [-0.05, 0) is 57.1 Å². The average molecular weight is 373 g/mol. The molecule has 1 aliphatic rings. The van der Waals surface area contributed by atoms with Crippen LogP contribution in [0.2, 0.25) is 0 Å². The first-order valence-electron chi connectivity index (χ1n) is 10.2. The molecule has 2 rings (SSSR count). The van der Waals surface area contributed by atoms with Gasteiger partial charge < -0.3 is 5.32 Å². The van der Waals surface area contributed by atoms with Gasteiger partial charge in [0.1, 0.15) is 0 Å². The van der Waals surface area contributed by atoms with Crippen molar-refractivity contribution in [1.82, 2.24) is 10.4 Å². The van der Waals surface area contributed by atoms with Crippen molar-refractivity contribution in [2.24, 2.45) is 5.92 Å². The van der Waals surface area contributed by atoms with Gasteiger partial charge in [-0.25, -0.2) is 0 Å². The first-order chi connectivity index (χ1) is 12.8. The highest BCUT2D eigenvalue weighted by Gasteiger charge is 2.54. The van der Waals surface area contributed by atoms with Crippen LogP contribution in [-0.2, 0) is 16.1 Å². The van der Waals surface area contributed by atoms with Gasteiger partial charge in [-0.3, -0.25) is 9.63 Å². The predicted octanol–water partition coefficient (Wildman–Crippen LogP) is 4.51. The van der Waals surface area contributed by atoms with Crippen LogP contribution in [-0.4, -0.2) is 34.7 Å². The molecule has 1 fully saturated rings. The van der Waals surface area contributed by atoms with Gasteiger partial charge in [0, 0.05) is 17.1 Å². The molecule has 1 aromatic carbocycles. The molecule has 0 spiro atoms. The maximum absolute atomic E-state index is 12.0. The first kappa shape index (κ1) is 21.6. The third-order valence-corrected chi connectivity index (χ3v) is 6.64. The van der Waals surface area contributed by atoms with Crippen molar-refractivity contribution in [2.45, 2.75) is 77.4 Å². The van der Waals surface area contributed by atoms with Crippen molar-refractivity contribution in [3.8, 4) is 0 Å². The third-order valence-electron chi connectivity index (χ3n) is 6.64. The number of hydroxylamine groups is 2. The number of carbonyl (C=O) groups excluding carboxylic acids is 1. The molecular weight excluding hydrogens is 336 g/mol. The van der Waals surface area contributed by atoms with E-state index in [0.717, 1.165) is 25.7 Å². The minimum atomic E-state index is -0.154. The van der Waals surface area contributed by atoms with Crippen LogP contribution < -0.4 is 5.32 Å². The Kier molecular flexibility index (Phi) is 7.24. The molecule has 4 heteroatoms. The van der Waals surface area contributed by atoms with E-state index < -0.39 is 0 Å². The molecule has 27 heavy (non-hydrogen) atoms. The number of benzene rings is 1. The molecule has 1 aromatic rings. The average Bonchev–Trinajstić information content (AvgIpc) is 2.69. The second-order valence-corrected chi connectivity index (χ2v) is 8.24. The number of amides is 1. The Labute approximate surface area is 164 Å². The van der Waals surface area contributed by atoms with Gasteiger partial charge in [0.05, 0.1) is 6.61 Å². The largest absolute Gasteiger partial charge is 0.349 e. The molecule has 150 valence electrons. The van der Waals surface area contributed by atoms with Crippen LogP contribution in [0.3, 0.4) is 0 Å². The van der Waals surface area contributed by atoms with E-state index in [1.54, 1.807) is 0 Å². The Morgan fingerprint density at radius 1 is 1.30 bits per heavy atom. The van der Waals surface area contributed by atoms with Crippen molar-refractivity contribution in [2.75, 3.05) is 6.61 Å². The topological polar surface area (TPSA) is 41.6 Å². The van der Waals surface area contributed by atoms with Gasteiger partial charge in [-0.2, -0.15) is 5.06 Å². The quantitative estimate of drug-likeness (QED) is 0.683. The monoisotopic (exact) mass is 372 g/mol. The molecule has 4 nitrogen and oxygen atoms in total. The minimum Gasteiger partial charge on any atom is -0.349 e. The highest BCUT2D eigenvalue weighted by Crippen LogP contribution is 2.45. The Morgan fingerprint density at radius 2 is 1.96 bits per heavy atom. The molecule has 0 saturated carbocycles. The summed E-state index contributed by atoms with van der Waals surface area (Å²) in [5.41, 5.74) is 1.00. The SMILES string of the molecule is C=CC(=O)NC1CC(C)(CC)N(OCCc2ccccc2)C(C)(CC)C1C. The van der Waals surface area contributed by atoms with Gasteiger partial charge in [0.15, 0.2) is 0 Å². The fourth-order valence-electron chi connectivity index (χ4n) is 4.34. The number of nitrogens with one attached hydrogen (secondary N) is 1. The lowest BCUT2D eigenvalue weighted by Gasteiger charge is -2.59. The fourth-order valence-corrected chi connectivity index (χ4v) is 4.34. The molecule has 1 aliphatic heterocycles. The highest BCUT2D eigenvalue weighted by atomic mass is 16.7. The number of nitrogens with zero attached hydrogens (tertiary/aromatic N) is 1. The van der Waals surface area contributed by atoms with Crippen LogP contribution in [0.4, 0.5) is 0 Å². The molecule has 1 amide bonds. The molecule has 0 aromatic heterocycles. The summed E-state index contributed by atoms with van der Waals surface area (Å²) in [5, 5.41) is 5.41. The van der Waals surface area contributed by atoms with E-state index >= 15 is 0 Å². The maximum atomic E-state index is 12.0. The Bertz CT molecular complexity index is 633. The van der Waals surface area contributed by atoms with Crippen molar-refractivity contribution in [1.29, 1.82) is 0 Å². The van der Waals surface area contributed by atoms with Crippen LogP contribution in [0, 0.1) is 5.92 Å². The number of hydrogen-bond acceptors (Lipinski definition) is 3.